The molecule has 112 valence electrons. The van der Waals surface area contributed by atoms with Crippen molar-refractivity contribution in [3.05, 3.63) is 29.3 Å². The highest BCUT2D eigenvalue weighted by atomic mass is 16.5. The van der Waals surface area contributed by atoms with Crippen LogP contribution in [-0.2, 0) is 11.2 Å². The first-order chi connectivity index (χ1) is 9.58. The minimum atomic E-state index is 0.0261. The van der Waals surface area contributed by atoms with E-state index >= 15 is 0 Å². The molecule has 0 radical (unpaired) electrons. The third kappa shape index (κ3) is 2.97. The number of nitrogens with two attached hydrogens (primary N) is 1. The summed E-state index contributed by atoms with van der Waals surface area (Å²) in [7, 11) is 5.57. The molecule has 1 aliphatic rings. The lowest BCUT2D eigenvalue weighted by Crippen LogP contribution is -2.48. The van der Waals surface area contributed by atoms with Gasteiger partial charge in [-0.25, -0.2) is 0 Å². The van der Waals surface area contributed by atoms with Gasteiger partial charge in [0.2, 0.25) is 0 Å². The van der Waals surface area contributed by atoms with Crippen LogP contribution in [0.25, 0.3) is 0 Å². The number of likely N-dealkylation sites (N-methyl/N-ethyl adjacent to an activating group) is 1. The van der Waals surface area contributed by atoms with Crippen molar-refractivity contribution in [1.82, 2.24) is 4.90 Å². The Morgan fingerprint density at radius 2 is 2.15 bits per heavy atom. The Kier molecular flexibility index (Phi) is 5.02. The second-order valence-electron chi connectivity index (χ2n) is 5.67. The largest absolute Gasteiger partial charge is 0.497 e. The van der Waals surface area contributed by atoms with E-state index in [1.165, 1.54) is 11.1 Å². The molecular formula is C16H26N2O2. The first-order valence-corrected chi connectivity index (χ1v) is 7.21. The predicted octanol–water partition coefficient (Wildman–Crippen LogP) is 1.98. The van der Waals surface area contributed by atoms with E-state index in [1.807, 2.05) is 6.07 Å². The summed E-state index contributed by atoms with van der Waals surface area (Å²) in [6.45, 7) is 2.90. The summed E-state index contributed by atoms with van der Waals surface area (Å²) in [6, 6.07) is 6.98. The van der Waals surface area contributed by atoms with E-state index in [9.17, 15) is 0 Å². The van der Waals surface area contributed by atoms with Crippen molar-refractivity contribution in [2.45, 2.75) is 37.9 Å². The van der Waals surface area contributed by atoms with Crippen LogP contribution in [0.2, 0.25) is 0 Å². The molecule has 2 rings (SSSR count). The number of rotatable bonds is 5. The lowest BCUT2D eigenvalue weighted by molar-refractivity contribution is 0.0743. The average Bonchev–Trinajstić information content (AvgIpc) is 2.47. The topological polar surface area (TPSA) is 47.7 Å². The van der Waals surface area contributed by atoms with Crippen LogP contribution in [0.1, 0.15) is 30.5 Å². The molecule has 0 saturated carbocycles. The summed E-state index contributed by atoms with van der Waals surface area (Å²) in [4.78, 5) is 2.34. The molecule has 0 saturated heterocycles. The fourth-order valence-corrected chi connectivity index (χ4v) is 3.07. The summed E-state index contributed by atoms with van der Waals surface area (Å²) >= 11 is 0. The molecule has 3 unspecified atom stereocenters. The Morgan fingerprint density at radius 1 is 1.40 bits per heavy atom. The molecule has 1 aromatic carbocycles. The molecule has 1 aliphatic carbocycles. The van der Waals surface area contributed by atoms with Gasteiger partial charge in [-0.1, -0.05) is 6.07 Å². The van der Waals surface area contributed by atoms with Crippen LogP contribution in [0.3, 0.4) is 0 Å². The fraction of sp³-hybridized carbons (Fsp3) is 0.625. The van der Waals surface area contributed by atoms with Gasteiger partial charge in [-0.2, -0.15) is 0 Å². The minimum Gasteiger partial charge on any atom is -0.497 e. The van der Waals surface area contributed by atoms with Crippen molar-refractivity contribution in [3.8, 4) is 5.75 Å². The molecule has 0 aromatic heterocycles. The number of hydrogen-bond acceptors (Lipinski definition) is 4. The van der Waals surface area contributed by atoms with Gasteiger partial charge in [0.25, 0.3) is 0 Å². The highest BCUT2D eigenvalue weighted by molar-refractivity contribution is 5.40. The van der Waals surface area contributed by atoms with E-state index in [2.05, 4.69) is 31.0 Å². The van der Waals surface area contributed by atoms with Crippen LogP contribution in [0, 0.1) is 0 Å². The smallest absolute Gasteiger partial charge is 0.119 e. The summed E-state index contributed by atoms with van der Waals surface area (Å²) in [5.74, 6) is 0.882. The normalized spacial score (nSPS) is 23.5. The van der Waals surface area contributed by atoms with E-state index in [-0.39, 0.29) is 6.04 Å². The molecule has 0 bridgehead atoms. The quantitative estimate of drug-likeness (QED) is 0.894. The molecule has 0 heterocycles. The summed E-state index contributed by atoms with van der Waals surface area (Å²) in [6.07, 6.45) is 2.16. The number of benzene rings is 1. The summed E-state index contributed by atoms with van der Waals surface area (Å²) in [5, 5.41) is 0. The van der Waals surface area contributed by atoms with Crippen molar-refractivity contribution in [3.63, 3.8) is 0 Å². The number of ether oxygens (including phenoxy) is 2. The van der Waals surface area contributed by atoms with E-state index in [1.54, 1.807) is 14.2 Å². The van der Waals surface area contributed by atoms with Crippen molar-refractivity contribution in [2.75, 3.05) is 27.9 Å². The van der Waals surface area contributed by atoms with Gasteiger partial charge in [-0.3, -0.25) is 4.90 Å². The van der Waals surface area contributed by atoms with Crippen LogP contribution in [0.4, 0.5) is 0 Å². The maximum Gasteiger partial charge on any atom is 0.119 e. The van der Waals surface area contributed by atoms with E-state index in [0.717, 1.165) is 25.2 Å². The number of hydrogen-bond donors (Lipinski definition) is 1. The van der Waals surface area contributed by atoms with Crippen LogP contribution < -0.4 is 10.5 Å². The van der Waals surface area contributed by atoms with E-state index in [4.69, 9.17) is 15.2 Å². The standard InChI is InChI=1S/C16H26N2O2/c1-11(10-19-3)18(2)15-8-6-12-5-7-13(20-4)9-14(12)16(15)17/h5,7,9,11,15-16H,6,8,10,17H2,1-4H3. The van der Waals surface area contributed by atoms with Gasteiger partial charge in [0.05, 0.1) is 13.7 Å². The van der Waals surface area contributed by atoms with Gasteiger partial charge >= 0.3 is 0 Å². The molecule has 4 heteroatoms. The maximum absolute atomic E-state index is 6.51. The van der Waals surface area contributed by atoms with Crippen molar-refractivity contribution < 1.29 is 9.47 Å². The first-order valence-electron chi connectivity index (χ1n) is 7.21. The number of fused-ring (bicyclic) bond motifs is 1. The first kappa shape index (κ1) is 15.3. The van der Waals surface area contributed by atoms with Crippen LogP contribution in [0.5, 0.6) is 5.75 Å². The molecule has 4 nitrogen and oxygen atoms in total. The molecule has 3 atom stereocenters. The zero-order valence-electron chi connectivity index (χ0n) is 12.9. The molecule has 1 aromatic rings. The second kappa shape index (κ2) is 6.57. The average molecular weight is 278 g/mol. The third-order valence-electron chi connectivity index (χ3n) is 4.46. The highest BCUT2D eigenvalue weighted by Gasteiger charge is 2.31. The third-order valence-corrected chi connectivity index (χ3v) is 4.46. The minimum absolute atomic E-state index is 0.0261. The van der Waals surface area contributed by atoms with E-state index in [0.29, 0.717) is 12.1 Å². The molecule has 2 N–H and O–H groups in total. The Morgan fingerprint density at radius 3 is 2.80 bits per heavy atom. The van der Waals surface area contributed by atoms with Crippen molar-refractivity contribution in [2.24, 2.45) is 5.73 Å². The molecular weight excluding hydrogens is 252 g/mol. The summed E-state index contributed by atoms with van der Waals surface area (Å²) < 4.78 is 10.6. The van der Waals surface area contributed by atoms with Gasteiger partial charge in [0, 0.05) is 25.2 Å². The Balaban J connectivity index is 2.19. The number of nitrogens with zero attached hydrogens (tertiary/aromatic N) is 1. The molecule has 0 aliphatic heterocycles. The lowest BCUT2D eigenvalue weighted by atomic mass is 9.83. The van der Waals surface area contributed by atoms with Gasteiger partial charge in [-0.15, -0.1) is 0 Å². The lowest BCUT2D eigenvalue weighted by Gasteiger charge is -2.40. The molecule has 0 spiro atoms. The van der Waals surface area contributed by atoms with Crippen LogP contribution >= 0.6 is 0 Å². The van der Waals surface area contributed by atoms with Crippen molar-refractivity contribution >= 4 is 0 Å². The zero-order chi connectivity index (χ0) is 14.7. The Hall–Kier alpha value is -1.10. The van der Waals surface area contributed by atoms with Gasteiger partial charge < -0.3 is 15.2 Å². The Bertz CT molecular complexity index is 450. The second-order valence-corrected chi connectivity index (χ2v) is 5.67. The summed E-state index contributed by atoms with van der Waals surface area (Å²) in [5.41, 5.74) is 9.08. The molecule has 0 amide bonds. The number of methoxy groups -OCH3 is 2. The Labute approximate surface area is 121 Å². The SMILES string of the molecule is COCC(C)N(C)C1CCc2ccc(OC)cc2C1N. The van der Waals surface area contributed by atoms with E-state index < -0.39 is 0 Å². The molecule has 0 fully saturated rings. The van der Waals surface area contributed by atoms with Crippen LogP contribution in [0.15, 0.2) is 18.2 Å². The molecule has 20 heavy (non-hydrogen) atoms. The van der Waals surface area contributed by atoms with Gasteiger partial charge in [0.15, 0.2) is 0 Å². The van der Waals surface area contributed by atoms with Gasteiger partial charge in [0.1, 0.15) is 5.75 Å². The van der Waals surface area contributed by atoms with Crippen molar-refractivity contribution in [1.29, 1.82) is 0 Å². The monoisotopic (exact) mass is 278 g/mol. The zero-order valence-corrected chi connectivity index (χ0v) is 12.9. The highest BCUT2D eigenvalue weighted by Crippen LogP contribution is 2.33. The fourth-order valence-electron chi connectivity index (χ4n) is 3.07. The predicted molar refractivity (Wildman–Crippen MR) is 81.1 cm³/mol. The number of aryl methyl sites for hydroxylation is 1. The maximum atomic E-state index is 6.51. The van der Waals surface area contributed by atoms with Gasteiger partial charge in [-0.05, 0) is 50.1 Å². The van der Waals surface area contributed by atoms with Crippen LogP contribution in [-0.4, -0.2) is 44.9 Å².